The highest BCUT2D eigenvalue weighted by Gasteiger charge is 2.14. The van der Waals surface area contributed by atoms with E-state index in [-0.39, 0.29) is 11.7 Å². The van der Waals surface area contributed by atoms with Crippen LogP contribution in [-0.2, 0) is 6.42 Å². The maximum absolute atomic E-state index is 12.0. The monoisotopic (exact) mass is 244 g/mol. The van der Waals surface area contributed by atoms with Gasteiger partial charge in [0, 0.05) is 5.69 Å². The van der Waals surface area contributed by atoms with Crippen LogP contribution in [0.3, 0.4) is 0 Å². The van der Waals surface area contributed by atoms with Gasteiger partial charge in [0.1, 0.15) is 5.82 Å². The number of hydrogen-bond acceptors (Lipinski definition) is 3. The van der Waals surface area contributed by atoms with E-state index in [0.717, 1.165) is 23.2 Å². The number of hydrogen-bond donors (Lipinski definition) is 2. The van der Waals surface area contributed by atoms with Crippen LogP contribution in [0.25, 0.3) is 0 Å². The first kappa shape index (κ1) is 12.3. The Balaban J connectivity index is 2.26. The van der Waals surface area contributed by atoms with Gasteiger partial charge >= 0.3 is 0 Å². The minimum Gasteiger partial charge on any atom is -0.319 e. The van der Waals surface area contributed by atoms with Crippen molar-refractivity contribution in [2.75, 3.05) is 5.32 Å². The van der Waals surface area contributed by atoms with Gasteiger partial charge in [-0.3, -0.25) is 9.89 Å². The number of benzene rings is 1. The van der Waals surface area contributed by atoms with E-state index in [1.165, 1.54) is 0 Å². The fourth-order valence-corrected chi connectivity index (χ4v) is 1.82. The SMILES string of the molecule is CCc1cccc(C)c1NC(=O)c1n[nH]c(C)n1. The van der Waals surface area contributed by atoms with E-state index >= 15 is 0 Å². The van der Waals surface area contributed by atoms with Gasteiger partial charge in [0.05, 0.1) is 0 Å². The molecule has 0 spiro atoms. The number of H-pyrrole nitrogens is 1. The molecule has 0 aliphatic heterocycles. The molecule has 1 heterocycles. The summed E-state index contributed by atoms with van der Waals surface area (Å²) in [6.45, 7) is 5.79. The zero-order valence-corrected chi connectivity index (χ0v) is 10.7. The van der Waals surface area contributed by atoms with Gasteiger partial charge in [0.15, 0.2) is 0 Å². The number of aromatic nitrogens is 3. The normalized spacial score (nSPS) is 10.4. The summed E-state index contributed by atoms with van der Waals surface area (Å²) in [5.41, 5.74) is 3.00. The number of rotatable bonds is 3. The predicted molar refractivity (Wildman–Crippen MR) is 69.6 cm³/mol. The molecule has 2 N–H and O–H groups in total. The summed E-state index contributed by atoms with van der Waals surface area (Å²) >= 11 is 0. The van der Waals surface area contributed by atoms with Gasteiger partial charge in [-0.2, -0.15) is 0 Å². The first-order chi connectivity index (χ1) is 8.61. The van der Waals surface area contributed by atoms with E-state index < -0.39 is 0 Å². The van der Waals surface area contributed by atoms with Gasteiger partial charge in [-0.15, -0.1) is 5.10 Å². The van der Waals surface area contributed by atoms with Gasteiger partial charge < -0.3 is 5.32 Å². The Bertz CT molecular complexity index is 574. The average Bonchev–Trinajstić information content (AvgIpc) is 2.78. The van der Waals surface area contributed by atoms with Crippen LogP contribution < -0.4 is 5.32 Å². The standard InChI is InChI=1S/C13H16N4O/c1-4-10-7-5-6-8(2)11(10)15-13(18)12-14-9(3)16-17-12/h5-7H,4H2,1-3H3,(H,15,18)(H,14,16,17). The van der Waals surface area contributed by atoms with Gasteiger partial charge in [-0.25, -0.2) is 4.98 Å². The molecular formula is C13H16N4O. The van der Waals surface area contributed by atoms with Crippen molar-refractivity contribution in [2.45, 2.75) is 27.2 Å². The summed E-state index contributed by atoms with van der Waals surface area (Å²) in [6.07, 6.45) is 0.865. The quantitative estimate of drug-likeness (QED) is 0.869. The van der Waals surface area contributed by atoms with Gasteiger partial charge in [0.25, 0.3) is 5.91 Å². The summed E-state index contributed by atoms with van der Waals surface area (Å²) in [6, 6.07) is 5.96. The molecule has 1 aromatic carbocycles. The second-order valence-electron chi connectivity index (χ2n) is 4.16. The summed E-state index contributed by atoms with van der Waals surface area (Å²) < 4.78 is 0. The van der Waals surface area contributed by atoms with Crippen LogP contribution in [0.2, 0.25) is 0 Å². The number of carbonyl (C=O) groups excluding carboxylic acids is 1. The lowest BCUT2D eigenvalue weighted by Crippen LogP contribution is -2.16. The van der Waals surface area contributed by atoms with Crippen molar-refractivity contribution in [3.05, 3.63) is 41.0 Å². The fraction of sp³-hybridized carbons (Fsp3) is 0.308. The second kappa shape index (κ2) is 5.00. The second-order valence-corrected chi connectivity index (χ2v) is 4.16. The molecule has 2 rings (SSSR count). The van der Waals surface area contributed by atoms with Crippen molar-refractivity contribution in [3.8, 4) is 0 Å². The summed E-state index contributed by atoms with van der Waals surface area (Å²) in [4.78, 5) is 16.0. The number of nitrogens with one attached hydrogen (secondary N) is 2. The molecule has 18 heavy (non-hydrogen) atoms. The zero-order chi connectivity index (χ0) is 13.1. The lowest BCUT2D eigenvalue weighted by molar-refractivity contribution is 0.101. The lowest BCUT2D eigenvalue weighted by atomic mass is 10.1. The van der Waals surface area contributed by atoms with Gasteiger partial charge in [-0.1, -0.05) is 25.1 Å². The third-order valence-corrected chi connectivity index (χ3v) is 2.78. The maximum Gasteiger partial charge on any atom is 0.295 e. The molecule has 0 fully saturated rings. The molecular weight excluding hydrogens is 228 g/mol. The van der Waals surface area contributed by atoms with E-state index in [1.807, 2.05) is 25.1 Å². The molecule has 94 valence electrons. The number of aryl methyl sites for hydroxylation is 3. The smallest absolute Gasteiger partial charge is 0.295 e. The van der Waals surface area contributed by atoms with Crippen molar-refractivity contribution in [1.82, 2.24) is 15.2 Å². The molecule has 0 aliphatic carbocycles. The van der Waals surface area contributed by atoms with Crippen molar-refractivity contribution < 1.29 is 4.79 Å². The van der Waals surface area contributed by atoms with Crippen molar-refractivity contribution in [1.29, 1.82) is 0 Å². The molecule has 5 nitrogen and oxygen atoms in total. The van der Waals surface area contributed by atoms with E-state index in [4.69, 9.17) is 0 Å². The average molecular weight is 244 g/mol. The number of anilines is 1. The van der Waals surface area contributed by atoms with Crippen LogP contribution in [0, 0.1) is 13.8 Å². The number of aromatic amines is 1. The Hall–Kier alpha value is -2.17. The van der Waals surface area contributed by atoms with E-state index in [2.05, 4.69) is 27.4 Å². The van der Waals surface area contributed by atoms with E-state index in [9.17, 15) is 4.79 Å². The number of carbonyl (C=O) groups is 1. The maximum atomic E-state index is 12.0. The highest BCUT2D eigenvalue weighted by molar-refractivity contribution is 6.02. The third kappa shape index (κ3) is 2.40. The molecule has 0 saturated heterocycles. The van der Waals surface area contributed by atoms with Crippen molar-refractivity contribution in [2.24, 2.45) is 0 Å². The highest BCUT2D eigenvalue weighted by atomic mass is 16.2. The largest absolute Gasteiger partial charge is 0.319 e. The molecule has 5 heteroatoms. The number of amides is 1. The Morgan fingerprint density at radius 1 is 1.39 bits per heavy atom. The molecule has 0 radical (unpaired) electrons. The van der Waals surface area contributed by atoms with E-state index in [0.29, 0.717) is 5.82 Å². The summed E-state index contributed by atoms with van der Waals surface area (Å²) in [5.74, 6) is 0.502. The number of nitrogens with zero attached hydrogens (tertiary/aromatic N) is 2. The molecule has 0 bridgehead atoms. The molecule has 0 atom stereocenters. The molecule has 0 aliphatic rings. The Morgan fingerprint density at radius 3 is 2.78 bits per heavy atom. The van der Waals surface area contributed by atoms with Crippen LogP contribution in [0.1, 0.15) is 34.5 Å². The van der Waals surface area contributed by atoms with Crippen molar-refractivity contribution >= 4 is 11.6 Å². The fourth-order valence-electron chi connectivity index (χ4n) is 1.82. The molecule has 0 unspecified atom stereocenters. The molecule has 1 aromatic heterocycles. The lowest BCUT2D eigenvalue weighted by Gasteiger charge is -2.11. The minimum absolute atomic E-state index is 0.165. The van der Waals surface area contributed by atoms with Crippen LogP contribution in [0.15, 0.2) is 18.2 Å². The van der Waals surface area contributed by atoms with Gasteiger partial charge in [0.2, 0.25) is 5.82 Å². The zero-order valence-electron chi connectivity index (χ0n) is 10.7. The highest BCUT2D eigenvalue weighted by Crippen LogP contribution is 2.21. The minimum atomic E-state index is -0.289. The van der Waals surface area contributed by atoms with Crippen LogP contribution in [0.4, 0.5) is 5.69 Å². The predicted octanol–water partition coefficient (Wildman–Crippen LogP) is 2.24. The Labute approximate surface area is 106 Å². The third-order valence-electron chi connectivity index (χ3n) is 2.78. The molecule has 2 aromatic rings. The first-order valence-electron chi connectivity index (χ1n) is 5.90. The summed E-state index contributed by atoms with van der Waals surface area (Å²) in [7, 11) is 0. The Kier molecular flexibility index (Phi) is 3.41. The van der Waals surface area contributed by atoms with Crippen LogP contribution in [-0.4, -0.2) is 21.1 Å². The Morgan fingerprint density at radius 2 is 2.17 bits per heavy atom. The molecule has 1 amide bonds. The molecule has 0 saturated carbocycles. The van der Waals surface area contributed by atoms with E-state index in [1.54, 1.807) is 6.92 Å². The van der Waals surface area contributed by atoms with Crippen molar-refractivity contribution in [3.63, 3.8) is 0 Å². The van der Waals surface area contributed by atoms with Crippen LogP contribution >= 0.6 is 0 Å². The van der Waals surface area contributed by atoms with Crippen LogP contribution in [0.5, 0.6) is 0 Å². The first-order valence-corrected chi connectivity index (χ1v) is 5.90. The number of para-hydroxylation sites is 1. The summed E-state index contributed by atoms with van der Waals surface area (Å²) in [5, 5.41) is 9.38. The van der Waals surface area contributed by atoms with Gasteiger partial charge in [-0.05, 0) is 31.4 Å². The topological polar surface area (TPSA) is 70.7 Å².